The van der Waals surface area contributed by atoms with Crippen LogP contribution in [-0.4, -0.2) is 40.4 Å². The molecule has 2 aromatic rings. The molecule has 136 valence electrons. The number of alkyl halides is 3. The van der Waals surface area contributed by atoms with Gasteiger partial charge in [0, 0.05) is 24.7 Å². The Morgan fingerprint density at radius 3 is 2.52 bits per heavy atom. The number of carboxylic acids is 1. The van der Waals surface area contributed by atoms with E-state index in [1.165, 1.54) is 4.90 Å². The Bertz CT molecular complexity index is 721. The van der Waals surface area contributed by atoms with Crippen LogP contribution in [0.4, 0.5) is 13.2 Å². The molecule has 0 spiro atoms. The lowest BCUT2D eigenvalue weighted by molar-refractivity contribution is -0.188. The van der Waals surface area contributed by atoms with Crippen molar-refractivity contribution >= 4 is 18.4 Å². The summed E-state index contributed by atoms with van der Waals surface area (Å²) in [6.07, 6.45) is -4.53. The van der Waals surface area contributed by atoms with Crippen LogP contribution in [0.1, 0.15) is 5.76 Å². The average Bonchev–Trinajstić information content (AvgIpc) is 3.15. The molecular weight excluding hydrogens is 361 g/mol. The van der Waals surface area contributed by atoms with Crippen molar-refractivity contribution in [3.05, 3.63) is 42.2 Å². The normalized spacial score (nSPS) is 21.1. The number of halogens is 4. The van der Waals surface area contributed by atoms with Gasteiger partial charge in [0.2, 0.25) is 0 Å². The number of carbonyl (C=O) groups is 1. The van der Waals surface area contributed by atoms with Crippen LogP contribution in [0.3, 0.4) is 0 Å². The average molecular weight is 377 g/mol. The van der Waals surface area contributed by atoms with Gasteiger partial charge in [0.25, 0.3) is 0 Å². The quantitative estimate of drug-likeness (QED) is 0.885. The molecule has 1 saturated heterocycles. The van der Waals surface area contributed by atoms with Gasteiger partial charge in [-0.3, -0.25) is 9.69 Å². The number of hydrogen-bond donors (Lipinski definition) is 1. The molecule has 0 bridgehead atoms. The van der Waals surface area contributed by atoms with Gasteiger partial charge >= 0.3 is 12.1 Å². The molecule has 3 rings (SSSR count). The van der Waals surface area contributed by atoms with E-state index in [-0.39, 0.29) is 32.0 Å². The molecule has 2 atom stereocenters. The molecule has 2 heterocycles. The first-order chi connectivity index (χ1) is 11.3. The maximum absolute atomic E-state index is 13.0. The fourth-order valence-corrected chi connectivity index (χ4v) is 2.95. The predicted octanol–water partition coefficient (Wildman–Crippen LogP) is 3.46. The summed E-state index contributed by atoms with van der Waals surface area (Å²) in [5.74, 6) is -4.35. The summed E-state index contributed by atoms with van der Waals surface area (Å²) in [5.41, 5.74) is 1.43. The van der Waals surface area contributed by atoms with Crippen molar-refractivity contribution in [2.75, 3.05) is 13.1 Å². The molecule has 5 nitrogen and oxygen atoms in total. The fraction of sp³-hybridized carbons (Fsp3) is 0.375. The van der Waals surface area contributed by atoms with E-state index in [9.17, 15) is 18.0 Å². The highest BCUT2D eigenvalue weighted by Gasteiger charge is 2.52. The molecule has 1 N–H and O–H groups in total. The summed E-state index contributed by atoms with van der Waals surface area (Å²) in [4.78, 5) is 12.5. The monoisotopic (exact) mass is 376 g/mol. The zero-order valence-corrected chi connectivity index (χ0v) is 13.8. The van der Waals surface area contributed by atoms with Gasteiger partial charge in [0.15, 0.2) is 5.76 Å². The smallest absolute Gasteiger partial charge is 0.393 e. The molecular formula is C16H16ClF3N2O3. The highest BCUT2D eigenvalue weighted by atomic mass is 35.5. The van der Waals surface area contributed by atoms with Gasteiger partial charge in [0.1, 0.15) is 5.69 Å². The Balaban J connectivity index is 0.00000225. The van der Waals surface area contributed by atoms with Crippen LogP contribution in [0.5, 0.6) is 0 Å². The van der Waals surface area contributed by atoms with Crippen LogP contribution in [-0.2, 0) is 11.3 Å². The molecule has 0 unspecified atom stereocenters. The summed E-state index contributed by atoms with van der Waals surface area (Å²) < 4.78 is 44.1. The van der Waals surface area contributed by atoms with E-state index >= 15 is 0 Å². The van der Waals surface area contributed by atoms with E-state index in [1.54, 1.807) is 6.07 Å². The molecule has 0 aliphatic carbocycles. The number of carboxylic acid groups (broad SMARTS) is 1. The molecule has 1 aliphatic heterocycles. The van der Waals surface area contributed by atoms with Gasteiger partial charge < -0.3 is 9.63 Å². The summed E-state index contributed by atoms with van der Waals surface area (Å²) >= 11 is 0. The third kappa shape index (κ3) is 4.32. The van der Waals surface area contributed by atoms with Gasteiger partial charge in [-0.15, -0.1) is 12.4 Å². The molecule has 1 aromatic heterocycles. The second kappa shape index (κ2) is 7.45. The largest absolute Gasteiger partial charge is 0.481 e. The predicted molar refractivity (Wildman–Crippen MR) is 85.1 cm³/mol. The molecule has 25 heavy (non-hydrogen) atoms. The molecule has 0 amide bonds. The van der Waals surface area contributed by atoms with Crippen molar-refractivity contribution in [3.8, 4) is 11.3 Å². The Morgan fingerprint density at radius 1 is 1.28 bits per heavy atom. The number of likely N-dealkylation sites (tertiary alicyclic amines) is 1. The molecule has 9 heteroatoms. The second-order valence-electron chi connectivity index (χ2n) is 5.83. The summed E-state index contributed by atoms with van der Waals surface area (Å²) in [7, 11) is 0. The van der Waals surface area contributed by atoms with Crippen LogP contribution in [0.2, 0.25) is 0 Å². The van der Waals surface area contributed by atoms with Gasteiger partial charge in [0.05, 0.1) is 18.4 Å². The van der Waals surface area contributed by atoms with E-state index in [4.69, 9.17) is 9.63 Å². The lowest BCUT2D eigenvalue weighted by atomic mass is 9.96. The highest BCUT2D eigenvalue weighted by Crippen LogP contribution is 2.38. The lowest BCUT2D eigenvalue weighted by Crippen LogP contribution is -2.33. The first kappa shape index (κ1) is 19.3. The summed E-state index contributed by atoms with van der Waals surface area (Å²) in [6, 6.07) is 10.9. The Kier molecular flexibility index (Phi) is 5.74. The second-order valence-corrected chi connectivity index (χ2v) is 5.83. The van der Waals surface area contributed by atoms with Crippen molar-refractivity contribution in [2.24, 2.45) is 11.8 Å². The number of rotatable bonds is 4. The molecule has 1 fully saturated rings. The highest BCUT2D eigenvalue weighted by molar-refractivity contribution is 5.85. The number of nitrogens with zero attached hydrogens (tertiary/aromatic N) is 2. The molecule has 0 saturated carbocycles. The van der Waals surface area contributed by atoms with Crippen LogP contribution >= 0.6 is 12.4 Å². The number of hydrogen-bond acceptors (Lipinski definition) is 4. The van der Waals surface area contributed by atoms with E-state index < -0.39 is 24.0 Å². The first-order valence-corrected chi connectivity index (χ1v) is 7.37. The Hall–Kier alpha value is -2.06. The zero-order valence-electron chi connectivity index (χ0n) is 12.9. The van der Waals surface area contributed by atoms with Crippen molar-refractivity contribution < 1.29 is 27.6 Å². The third-order valence-corrected chi connectivity index (χ3v) is 4.14. The fourth-order valence-electron chi connectivity index (χ4n) is 2.95. The number of benzene rings is 1. The SMILES string of the molecule is Cl.O=C(O)[C@@H]1CN(Cc2cc(-c3ccccc3)no2)C[C@H]1C(F)(F)F. The summed E-state index contributed by atoms with van der Waals surface area (Å²) in [6.45, 7) is -0.432. The van der Waals surface area contributed by atoms with Crippen molar-refractivity contribution in [1.29, 1.82) is 0 Å². The molecule has 1 aromatic carbocycles. The van der Waals surface area contributed by atoms with Gasteiger partial charge in [-0.1, -0.05) is 35.5 Å². The Morgan fingerprint density at radius 2 is 1.96 bits per heavy atom. The van der Waals surface area contributed by atoms with E-state index in [1.807, 2.05) is 30.3 Å². The topological polar surface area (TPSA) is 66.6 Å². The maximum Gasteiger partial charge on any atom is 0.393 e. The lowest BCUT2D eigenvalue weighted by Gasteiger charge is -2.18. The van der Waals surface area contributed by atoms with E-state index in [0.717, 1.165) is 5.56 Å². The van der Waals surface area contributed by atoms with Crippen LogP contribution in [0.15, 0.2) is 40.9 Å². The van der Waals surface area contributed by atoms with Crippen molar-refractivity contribution in [3.63, 3.8) is 0 Å². The maximum atomic E-state index is 13.0. The van der Waals surface area contributed by atoms with Crippen molar-refractivity contribution in [2.45, 2.75) is 12.7 Å². The zero-order chi connectivity index (χ0) is 17.3. The van der Waals surface area contributed by atoms with Crippen LogP contribution in [0, 0.1) is 11.8 Å². The minimum Gasteiger partial charge on any atom is -0.481 e. The minimum atomic E-state index is -4.53. The summed E-state index contributed by atoms with van der Waals surface area (Å²) in [5, 5.41) is 12.9. The van der Waals surface area contributed by atoms with Gasteiger partial charge in [-0.25, -0.2) is 0 Å². The molecule has 1 aliphatic rings. The third-order valence-electron chi connectivity index (χ3n) is 4.14. The van der Waals surface area contributed by atoms with Gasteiger partial charge in [-0.2, -0.15) is 13.2 Å². The van der Waals surface area contributed by atoms with Crippen LogP contribution in [0.25, 0.3) is 11.3 Å². The Labute approximate surface area is 147 Å². The first-order valence-electron chi connectivity index (χ1n) is 7.37. The molecule has 0 radical (unpaired) electrons. The minimum absolute atomic E-state index is 0. The van der Waals surface area contributed by atoms with Crippen LogP contribution < -0.4 is 0 Å². The van der Waals surface area contributed by atoms with Gasteiger partial charge in [-0.05, 0) is 0 Å². The standard InChI is InChI=1S/C16H15F3N2O3.ClH/c17-16(18,19)13-9-21(8-12(13)15(22)23)7-11-6-14(20-24-11)10-4-2-1-3-5-10;/h1-6,12-13H,7-9H2,(H,22,23);1H/t12-,13-;/m1./s1. The van der Waals surface area contributed by atoms with Crippen molar-refractivity contribution in [1.82, 2.24) is 10.1 Å². The number of aliphatic carboxylic acids is 1. The van der Waals surface area contributed by atoms with E-state index in [2.05, 4.69) is 5.16 Å². The number of aromatic nitrogens is 1. The van der Waals surface area contributed by atoms with E-state index in [0.29, 0.717) is 11.5 Å².